The van der Waals surface area contributed by atoms with Crippen molar-refractivity contribution in [1.29, 1.82) is 0 Å². The van der Waals surface area contributed by atoms with E-state index in [4.69, 9.17) is 5.73 Å². The lowest BCUT2D eigenvalue weighted by molar-refractivity contribution is 0.254. The van der Waals surface area contributed by atoms with Crippen LogP contribution in [0.25, 0.3) is 0 Å². The largest absolute Gasteiger partial charge is 0.384 e. The van der Waals surface area contributed by atoms with E-state index < -0.39 is 0 Å². The van der Waals surface area contributed by atoms with Crippen molar-refractivity contribution in [3.05, 3.63) is 17.6 Å². The van der Waals surface area contributed by atoms with Gasteiger partial charge in [0, 0.05) is 17.7 Å². The molecule has 3 heteroatoms. The lowest BCUT2D eigenvalue weighted by Crippen LogP contribution is -2.19. The van der Waals surface area contributed by atoms with Crippen LogP contribution in [0.4, 0.5) is 5.82 Å². The van der Waals surface area contributed by atoms with Crippen LogP contribution >= 0.6 is 0 Å². The molecule has 1 aromatic heterocycles. The van der Waals surface area contributed by atoms with Gasteiger partial charge >= 0.3 is 0 Å². The minimum atomic E-state index is 0.521. The minimum absolute atomic E-state index is 0.521. The molecule has 0 amide bonds. The van der Waals surface area contributed by atoms with Gasteiger partial charge in [0.05, 0.1) is 0 Å². The van der Waals surface area contributed by atoms with Crippen molar-refractivity contribution in [3.63, 3.8) is 0 Å². The van der Waals surface area contributed by atoms with E-state index in [2.05, 4.69) is 23.8 Å². The van der Waals surface area contributed by atoms with Crippen LogP contribution in [0.5, 0.6) is 0 Å². The van der Waals surface area contributed by atoms with E-state index in [1.807, 2.05) is 13.0 Å². The maximum atomic E-state index is 5.79. The third kappa shape index (κ3) is 2.96. The fraction of sp³-hybridized carbons (Fsp3) is 0.714. The van der Waals surface area contributed by atoms with Crippen LogP contribution in [0, 0.1) is 18.8 Å². The van der Waals surface area contributed by atoms with Crippen molar-refractivity contribution >= 4 is 5.82 Å². The molecule has 1 aromatic rings. The molecule has 0 aliphatic heterocycles. The quantitative estimate of drug-likeness (QED) is 0.852. The molecule has 1 fully saturated rings. The number of nitrogens with zero attached hydrogens (tertiary/aromatic N) is 2. The zero-order chi connectivity index (χ0) is 12.4. The van der Waals surface area contributed by atoms with Crippen LogP contribution < -0.4 is 5.73 Å². The maximum Gasteiger partial charge on any atom is 0.134 e. The summed E-state index contributed by atoms with van der Waals surface area (Å²) in [5.41, 5.74) is 6.78. The lowest BCUT2D eigenvalue weighted by Gasteiger charge is -2.30. The molecule has 17 heavy (non-hydrogen) atoms. The SMILES string of the molecule is Cc1cc(N)nc(C2CCC(C(C)C)CC2)n1. The summed E-state index contributed by atoms with van der Waals surface area (Å²) in [7, 11) is 0. The number of rotatable bonds is 2. The second-order valence-corrected chi connectivity index (χ2v) is 5.65. The zero-order valence-corrected chi connectivity index (χ0v) is 11.1. The van der Waals surface area contributed by atoms with Crippen LogP contribution in [-0.4, -0.2) is 9.97 Å². The molecule has 0 unspecified atom stereocenters. The van der Waals surface area contributed by atoms with Crippen molar-refractivity contribution in [2.45, 2.75) is 52.4 Å². The van der Waals surface area contributed by atoms with E-state index in [9.17, 15) is 0 Å². The summed E-state index contributed by atoms with van der Waals surface area (Å²) >= 11 is 0. The van der Waals surface area contributed by atoms with Crippen LogP contribution in [0.3, 0.4) is 0 Å². The lowest BCUT2D eigenvalue weighted by atomic mass is 9.77. The Kier molecular flexibility index (Phi) is 3.65. The normalized spacial score (nSPS) is 25.2. The molecular weight excluding hydrogens is 210 g/mol. The number of anilines is 1. The van der Waals surface area contributed by atoms with Gasteiger partial charge < -0.3 is 5.73 Å². The van der Waals surface area contributed by atoms with Crippen LogP contribution in [0.15, 0.2) is 6.07 Å². The molecule has 0 aromatic carbocycles. The van der Waals surface area contributed by atoms with Gasteiger partial charge in [0.2, 0.25) is 0 Å². The molecule has 1 heterocycles. The topological polar surface area (TPSA) is 51.8 Å². The number of hydrogen-bond donors (Lipinski definition) is 1. The predicted molar refractivity (Wildman–Crippen MR) is 70.7 cm³/mol. The number of hydrogen-bond acceptors (Lipinski definition) is 3. The summed E-state index contributed by atoms with van der Waals surface area (Å²) in [4.78, 5) is 8.93. The smallest absolute Gasteiger partial charge is 0.134 e. The van der Waals surface area contributed by atoms with Gasteiger partial charge in [-0.05, 0) is 44.4 Å². The number of aromatic nitrogens is 2. The molecule has 0 atom stereocenters. The van der Waals surface area contributed by atoms with Gasteiger partial charge in [-0.1, -0.05) is 13.8 Å². The van der Waals surface area contributed by atoms with Gasteiger partial charge in [0.25, 0.3) is 0 Å². The average Bonchev–Trinajstić information content (AvgIpc) is 2.28. The Morgan fingerprint density at radius 3 is 2.35 bits per heavy atom. The first kappa shape index (κ1) is 12.3. The van der Waals surface area contributed by atoms with Gasteiger partial charge in [-0.25, -0.2) is 9.97 Å². The molecule has 0 bridgehead atoms. The molecule has 0 radical (unpaired) electrons. The highest BCUT2D eigenvalue weighted by atomic mass is 14.9. The average molecular weight is 233 g/mol. The van der Waals surface area contributed by atoms with Gasteiger partial charge in [0.1, 0.15) is 11.6 Å². The van der Waals surface area contributed by atoms with Gasteiger partial charge in [-0.15, -0.1) is 0 Å². The number of nitrogen functional groups attached to an aromatic ring is 1. The highest BCUT2D eigenvalue weighted by molar-refractivity contribution is 5.30. The highest BCUT2D eigenvalue weighted by Crippen LogP contribution is 2.37. The molecule has 3 nitrogen and oxygen atoms in total. The maximum absolute atomic E-state index is 5.79. The molecule has 94 valence electrons. The van der Waals surface area contributed by atoms with Crippen molar-refractivity contribution in [3.8, 4) is 0 Å². The first-order valence-electron chi connectivity index (χ1n) is 6.67. The van der Waals surface area contributed by atoms with Crippen LogP contribution in [0.2, 0.25) is 0 Å². The molecule has 1 aliphatic rings. The minimum Gasteiger partial charge on any atom is -0.384 e. The van der Waals surface area contributed by atoms with Crippen molar-refractivity contribution < 1.29 is 0 Å². The first-order chi connectivity index (χ1) is 8.06. The second-order valence-electron chi connectivity index (χ2n) is 5.65. The summed E-state index contributed by atoms with van der Waals surface area (Å²) in [6, 6.07) is 1.84. The molecule has 0 spiro atoms. The Hall–Kier alpha value is -1.12. The van der Waals surface area contributed by atoms with E-state index in [1.54, 1.807) is 0 Å². The first-order valence-corrected chi connectivity index (χ1v) is 6.67. The van der Waals surface area contributed by atoms with Crippen molar-refractivity contribution in [1.82, 2.24) is 9.97 Å². The third-order valence-corrected chi connectivity index (χ3v) is 3.97. The van der Waals surface area contributed by atoms with Crippen molar-refractivity contribution in [2.24, 2.45) is 11.8 Å². The summed E-state index contributed by atoms with van der Waals surface area (Å²) < 4.78 is 0. The molecule has 0 saturated heterocycles. The fourth-order valence-electron chi connectivity index (χ4n) is 2.84. The molecule has 2 N–H and O–H groups in total. The Morgan fingerprint density at radius 2 is 1.82 bits per heavy atom. The van der Waals surface area contributed by atoms with Crippen LogP contribution in [0.1, 0.15) is 57.0 Å². The Morgan fingerprint density at radius 1 is 1.18 bits per heavy atom. The van der Waals surface area contributed by atoms with Crippen molar-refractivity contribution in [2.75, 3.05) is 5.73 Å². The second kappa shape index (κ2) is 5.03. The monoisotopic (exact) mass is 233 g/mol. The predicted octanol–water partition coefficient (Wildman–Crippen LogP) is 3.30. The molecule has 1 saturated carbocycles. The van der Waals surface area contributed by atoms with E-state index >= 15 is 0 Å². The van der Waals surface area contributed by atoms with Gasteiger partial charge in [-0.3, -0.25) is 0 Å². The standard InChI is InChI=1S/C14H23N3/c1-9(2)11-4-6-12(7-5-11)14-16-10(3)8-13(15)17-14/h8-9,11-12H,4-7H2,1-3H3,(H2,15,16,17). The van der Waals surface area contributed by atoms with E-state index in [1.165, 1.54) is 25.7 Å². The summed E-state index contributed by atoms with van der Waals surface area (Å²) in [6.45, 7) is 6.64. The summed E-state index contributed by atoms with van der Waals surface area (Å²) in [6.07, 6.45) is 5.04. The Labute approximate surface area is 104 Å². The number of nitrogens with two attached hydrogens (primary N) is 1. The fourth-order valence-corrected chi connectivity index (χ4v) is 2.84. The highest BCUT2D eigenvalue weighted by Gasteiger charge is 2.25. The Bertz CT molecular complexity index is 359. The third-order valence-electron chi connectivity index (χ3n) is 3.97. The molecular formula is C14H23N3. The summed E-state index contributed by atoms with van der Waals surface area (Å²) in [5.74, 6) is 3.78. The van der Waals surface area contributed by atoms with Gasteiger partial charge in [-0.2, -0.15) is 0 Å². The van der Waals surface area contributed by atoms with Gasteiger partial charge in [0.15, 0.2) is 0 Å². The summed E-state index contributed by atoms with van der Waals surface area (Å²) in [5, 5.41) is 0. The van der Waals surface area contributed by atoms with E-state index in [0.29, 0.717) is 11.7 Å². The zero-order valence-electron chi connectivity index (χ0n) is 11.1. The Balaban J connectivity index is 2.05. The van der Waals surface area contributed by atoms with Crippen LogP contribution in [-0.2, 0) is 0 Å². The van der Waals surface area contributed by atoms with E-state index in [-0.39, 0.29) is 0 Å². The molecule has 2 rings (SSSR count). The van der Waals surface area contributed by atoms with E-state index in [0.717, 1.165) is 23.4 Å². The molecule has 1 aliphatic carbocycles. The number of aryl methyl sites for hydroxylation is 1.